The Labute approximate surface area is 147 Å². The lowest BCUT2D eigenvalue weighted by Crippen LogP contribution is -2.51. The molecule has 25 heavy (non-hydrogen) atoms. The third-order valence-electron chi connectivity index (χ3n) is 5.65. The number of aromatic amines is 1. The summed E-state index contributed by atoms with van der Waals surface area (Å²) < 4.78 is 0. The van der Waals surface area contributed by atoms with E-state index in [1.165, 1.54) is 29.0 Å². The molecule has 3 atom stereocenters. The van der Waals surface area contributed by atoms with E-state index in [0.29, 0.717) is 24.4 Å². The second-order valence-corrected chi connectivity index (χ2v) is 7.39. The van der Waals surface area contributed by atoms with Gasteiger partial charge in [-0.2, -0.15) is 0 Å². The summed E-state index contributed by atoms with van der Waals surface area (Å²) in [7, 11) is 2.18. The van der Waals surface area contributed by atoms with Gasteiger partial charge >= 0.3 is 6.03 Å². The number of piperidine rings is 1. The van der Waals surface area contributed by atoms with Crippen LogP contribution in [0.3, 0.4) is 0 Å². The molecule has 1 unspecified atom stereocenters. The molecule has 4 rings (SSSR count). The van der Waals surface area contributed by atoms with Gasteiger partial charge in [0.05, 0.1) is 0 Å². The highest BCUT2D eigenvalue weighted by molar-refractivity contribution is 5.93. The first-order valence-electron chi connectivity index (χ1n) is 8.87. The number of imide groups is 1. The number of nitrogens with zero attached hydrogens (tertiary/aromatic N) is 1. The summed E-state index contributed by atoms with van der Waals surface area (Å²) in [5.74, 6) is 0.519. The minimum Gasteiger partial charge on any atom is -0.361 e. The Hall–Kier alpha value is -2.34. The number of urea groups is 1. The molecule has 3 amide bonds. The highest BCUT2D eigenvalue weighted by Gasteiger charge is 2.39. The predicted molar refractivity (Wildman–Crippen MR) is 96.5 cm³/mol. The van der Waals surface area contributed by atoms with Gasteiger partial charge in [0.2, 0.25) is 5.91 Å². The van der Waals surface area contributed by atoms with Crippen molar-refractivity contribution >= 4 is 22.8 Å². The lowest BCUT2D eigenvalue weighted by molar-refractivity contribution is -0.117. The van der Waals surface area contributed by atoms with Crippen LogP contribution in [-0.4, -0.2) is 48.0 Å². The number of amides is 3. The summed E-state index contributed by atoms with van der Waals surface area (Å²) in [4.78, 5) is 28.5. The molecule has 1 saturated heterocycles. The van der Waals surface area contributed by atoms with Gasteiger partial charge in [-0.05, 0) is 43.0 Å². The number of carbonyl (C=O) groups is 2. The van der Waals surface area contributed by atoms with Crippen molar-refractivity contribution in [2.45, 2.75) is 31.7 Å². The van der Waals surface area contributed by atoms with Crippen LogP contribution >= 0.6 is 0 Å². The zero-order valence-electron chi connectivity index (χ0n) is 14.6. The highest BCUT2D eigenvalue weighted by atomic mass is 16.2. The van der Waals surface area contributed by atoms with Gasteiger partial charge in [0, 0.05) is 49.1 Å². The number of hydrogen-bond donors (Lipinski definition) is 3. The Morgan fingerprint density at radius 1 is 1.36 bits per heavy atom. The van der Waals surface area contributed by atoms with Crippen molar-refractivity contribution in [1.29, 1.82) is 0 Å². The molecule has 2 aliphatic rings. The van der Waals surface area contributed by atoms with Gasteiger partial charge in [-0.25, -0.2) is 4.79 Å². The van der Waals surface area contributed by atoms with Crippen molar-refractivity contribution in [3.05, 3.63) is 35.5 Å². The Bertz CT molecular complexity index is 828. The van der Waals surface area contributed by atoms with Crippen LogP contribution in [0.5, 0.6) is 0 Å². The summed E-state index contributed by atoms with van der Waals surface area (Å²) in [5.41, 5.74) is 4.06. The minimum absolute atomic E-state index is 0.336. The second kappa shape index (κ2) is 6.19. The number of aromatic nitrogens is 1. The molecular weight excluding hydrogens is 316 g/mol. The Kier molecular flexibility index (Phi) is 4.00. The number of benzene rings is 1. The quantitative estimate of drug-likeness (QED) is 0.782. The molecule has 1 aromatic heterocycles. The van der Waals surface area contributed by atoms with Gasteiger partial charge in [0.15, 0.2) is 0 Å². The van der Waals surface area contributed by atoms with Crippen LogP contribution in [0.25, 0.3) is 10.9 Å². The van der Waals surface area contributed by atoms with E-state index in [4.69, 9.17) is 0 Å². The molecule has 132 valence electrons. The number of H-pyrrole nitrogens is 1. The van der Waals surface area contributed by atoms with E-state index in [1.807, 2.05) is 0 Å². The number of likely N-dealkylation sites (N-methyl/N-ethyl adjacent to an activating group) is 1. The van der Waals surface area contributed by atoms with Gasteiger partial charge in [0.1, 0.15) is 0 Å². The maximum atomic E-state index is 11.7. The van der Waals surface area contributed by atoms with E-state index < -0.39 is 6.03 Å². The zero-order chi connectivity index (χ0) is 17.6. The number of nitrogens with one attached hydrogen (secondary N) is 3. The third kappa shape index (κ3) is 2.91. The van der Waals surface area contributed by atoms with Gasteiger partial charge in [0.25, 0.3) is 0 Å². The molecule has 0 saturated carbocycles. The first-order valence-corrected chi connectivity index (χ1v) is 8.87. The van der Waals surface area contributed by atoms with Crippen LogP contribution in [0.4, 0.5) is 4.79 Å². The lowest BCUT2D eigenvalue weighted by Gasteiger charge is -2.45. The summed E-state index contributed by atoms with van der Waals surface area (Å²) in [6, 6.07) is 6.62. The normalized spacial score (nSPS) is 25.4. The van der Waals surface area contributed by atoms with Crippen molar-refractivity contribution in [3.8, 4) is 0 Å². The Morgan fingerprint density at radius 2 is 2.20 bits per heavy atom. The maximum absolute atomic E-state index is 11.7. The molecule has 1 aliphatic carbocycles. The fourth-order valence-corrected chi connectivity index (χ4v) is 4.64. The van der Waals surface area contributed by atoms with Crippen LogP contribution in [0.1, 0.15) is 30.4 Å². The highest BCUT2D eigenvalue weighted by Crippen LogP contribution is 2.44. The summed E-state index contributed by atoms with van der Waals surface area (Å²) >= 11 is 0. The number of fused-ring (bicyclic) bond motifs is 2. The van der Waals surface area contributed by atoms with E-state index in [-0.39, 0.29) is 5.91 Å². The third-order valence-corrected chi connectivity index (χ3v) is 5.65. The molecule has 6 nitrogen and oxygen atoms in total. The molecule has 0 radical (unpaired) electrons. The number of likely N-dealkylation sites (tertiary alicyclic amines) is 1. The summed E-state index contributed by atoms with van der Waals surface area (Å²) in [6.07, 6.45) is 4.28. The van der Waals surface area contributed by atoms with Gasteiger partial charge < -0.3 is 15.2 Å². The Morgan fingerprint density at radius 3 is 3.00 bits per heavy atom. The number of hydrogen-bond acceptors (Lipinski definition) is 3. The van der Waals surface area contributed by atoms with Crippen LogP contribution in [0.15, 0.2) is 24.4 Å². The number of carbonyl (C=O) groups excluding carboxylic acids is 2. The number of rotatable bonds is 2. The van der Waals surface area contributed by atoms with Gasteiger partial charge in [-0.1, -0.05) is 12.1 Å². The van der Waals surface area contributed by atoms with Crippen molar-refractivity contribution in [1.82, 2.24) is 20.5 Å². The first-order chi connectivity index (χ1) is 12.0. The van der Waals surface area contributed by atoms with Crippen molar-refractivity contribution in [3.63, 3.8) is 0 Å². The van der Waals surface area contributed by atoms with Crippen LogP contribution in [-0.2, 0) is 11.2 Å². The van der Waals surface area contributed by atoms with E-state index >= 15 is 0 Å². The van der Waals surface area contributed by atoms with Crippen molar-refractivity contribution in [2.24, 2.45) is 5.92 Å². The smallest absolute Gasteiger partial charge is 0.321 e. The van der Waals surface area contributed by atoms with Gasteiger partial charge in [-0.15, -0.1) is 0 Å². The molecular formula is C19H24N4O2. The largest absolute Gasteiger partial charge is 0.361 e. The van der Waals surface area contributed by atoms with Crippen LogP contribution in [0.2, 0.25) is 0 Å². The second-order valence-electron chi connectivity index (χ2n) is 7.39. The molecule has 1 aromatic carbocycles. The van der Waals surface area contributed by atoms with Crippen molar-refractivity contribution < 1.29 is 9.59 Å². The molecule has 6 heteroatoms. The fourth-order valence-electron chi connectivity index (χ4n) is 4.64. The van der Waals surface area contributed by atoms with Crippen molar-refractivity contribution in [2.75, 3.05) is 20.1 Å². The SMILES string of the molecule is CC(=O)NC(=O)NC[C@H]1CC2c3cccc4[nH]cc(c34)C[C@H]2N(C)C1. The molecule has 1 aliphatic heterocycles. The van der Waals surface area contributed by atoms with E-state index in [1.54, 1.807) is 0 Å². The van der Waals surface area contributed by atoms with Crippen LogP contribution < -0.4 is 10.6 Å². The van der Waals surface area contributed by atoms with Crippen LogP contribution in [0, 0.1) is 5.92 Å². The molecule has 1 fully saturated rings. The predicted octanol–water partition coefficient (Wildman–Crippen LogP) is 1.97. The molecule has 3 N–H and O–H groups in total. The van der Waals surface area contributed by atoms with Gasteiger partial charge in [-0.3, -0.25) is 10.1 Å². The topological polar surface area (TPSA) is 77.2 Å². The molecule has 2 aromatic rings. The maximum Gasteiger partial charge on any atom is 0.321 e. The average Bonchev–Trinajstić information content (AvgIpc) is 2.98. The standard InChI is InChI=1S/C19H24N4O2/c1-11(24)22-19(25)21-8-12-6-15-14-4-3-5-16-18(14)13(9-20-16)7-17(15)23(2)10-12/h3-5,9,12,15,17,20H,6-8,10H2,1-2H3,(H2,21,22,24,25)/t12-,15?,17-/m1/s1. The Balaban J connectivity index is 1.53. The molecule has 0 bridgehead atoms. The monoisotopic (exact) mass is 340 g/mol. The first kappa shape index (κ1) is 16.1. The molecule has 2 heterocycles. The minimum atomic E-state index is -0.407. The van der Waals surface area contributed by atoms with E-state index in [2.05, 4.69) is 52.0 Å². The zero-order valence-corrected chi connectivity index (χ0v) is 14.6. The summed E-state index contributed by atoms with van der Waals surface area (Å²) in [5, 5.41) is 6.49. The van der Waals surface area contributed by atoms with E-state index in [9.17, 15) is 9.59 Å². The lowest BCUT2D eigenvalue weighted by atomic mass is 9.72. The summed E-state index contributed by atoms with van der Waals surface area (Å²) in [6.45, 7) is 2.88. The molecule has 0 spiro atoms. The average molecular weight is 340 g/mol. The fraction of sp³-hybridized carbons (Fsp3) is 0.474. The van der Waals surface area contributed by atoms with E-state index in [0.717, 1.165) is 19.4 Å².